The third-order valence-electron chi connectivity index (χ3n) is 0. The first-order valence-electron chi connectivity index (χ1n) is 0.750. The van der Waals surface area contributed by atoms with Gasteiger partial charge in [-0.1, -0.05) is 5.92 Å². The van der Waals surface area contributed by atoms with Gasteiger partial charge in [-0.15, -0.1) is 0 Å². The van der Waals surface area contributed by atoms with Crippen LogP contribution in [0.1, 0.15) is 6.92 Å². The van der Waals surface area contributed by atoms with Crippen LogP contribution in [-0.2, 0) is 0 Å². The fourth-order valence-corrected chi connectivity index (χ4v) is 0. The molecule has 0 rings (SSSR count). The zero-order valence-electron chi connectivity index (χ0n) is 2.00. The van der Waals surface area contributed by atoms with Crippen molar-refractivity contribution < 1.29 is 0 Å². The maximum absolute atomic E-state index is 5.96. The second-order valence-corrected chi connectivity index (χ2v) is 0.250. The van der Waals surface area contributed by atoms with Crippen molar-refractivity contribution >= 4 is 18.9 Å². The Hall–Kier alpha value is 0.157. The van der Waals surface area contributed by atoms with Gasteiger partial charge in [-0.2, -0.15) is 0 Å². The second-order valence-electron chi connectivity index (χ2n) is 0.250. The van der Waals surface area contributed by atoms with Gasteiger partial charge in [0.2, 0.25) is 0 Å². The van der Waals surface area contributed by atoms with Crippen molar-refractivity contribution in [3.8, 4) is 5.92 Å². The van der Waals surface area contributed by atoms with E-state index in [1.807, 2.05) is 5.92 Å². The van der Waals surface area contributed by atoms with E-state index in [4.69, 9.17) is 6.42 Å². The molecular weight excluding hydrogens is 43.0 g/mol. The topological polar surface area (TPSA) is 0 Å². The molecule has 0 aliphatic rings. The summed E-state index contributed by atoms with van der Waals surface area (Å²) in [6, 6.07) is 0. The molecule has 0 amide bonds. The Balaban J connectivity index is 0. The van der Waals surface area contributed by atoms with Crippen molar-refractivity contribution in [3.05, 3.63) is 6.42 Å². The summed E-state index contributed by atoms with van der Waals surface area (Å²) in [6.45, 7) is 1.54. The van der Waals surface area contributed by atoms with Gasteiger partial charge in [-0.25, -0.2) is 0 Å². The molecule has 0 fully saturated rings. The molecule has 0 aliphatic heterocycles. The molecular formula is C3H4Li. The Morgan fingerprint density at radius 3 is 1.75 bits per heavy atom. The Morgan fingerprint density at radius 1 is 1.75 bits per heavy atom. The van der Waals surface area contributed by atoms with E-state index in [0.29, 0.717) is 0 Å². The summed E-state index contributed by atoms with van der Waals surface area (Å²) in [5.41, 5.74) is 0. The Labute approximate surface area is 38.8 Å². The molecule has 4 heavy (non-hydrogen) atoms. The second kappa shape index (κ2) is 11.0. The van der Waals surface area contributed by atoms with E-state index >= 15 is 0 Å². The average Bonchev–Trinajstić information content (AvgIpc) is 0.918. The summed E-state index contributed by atoms with van der Waals surface area (Å²) < 4.78 is 0. The SMILES string of the molecule is [C]#CC.[LiH]. The van der Waals surface area contributed by atoms with Gasteiger partial charge >= 0.3 is 18.9 Å². The standard InChI is InChI=1S/C3H3.Li.H/c1-3-2;;/h1H3;;. The van der Waals surface area contributed by atoms with Crippen LogP contribution >= 0.6 is 0 Å². The van der Waals surface area contributed by atoms with E-state index < -0.39 is 0 Å². The monoisotopic (exact) mass is 47.0 g/mol. The first-order valence-corrected chi connectivity index (χ1v) is 0.750. The van der Waals surface area contributed by atoms with Gasteiger partial charge in [0.25, 0.3) is 0 Å². The van der Waals surface area contributed by atoms with Gasteiger partial charge < -0.3 is 0 Å². The van der Waals surface area contributed by atoms with Crippen molar-refractivity contribution in [3.63, 3.8) is 0 Å². The molecule has 0 bridgehead atoms. The zero-order chi connectivity index (χ0) is 2.71. The molecule has 0 saturated carbocycles. The summed E-state index contributed by atoms with van der Waals surface area (Å²) in [5.74, 6) is 2.00. The summed E-state index contributed by atoms with van der Waals surface area (Å²) >= 11 is 0. The van der Waals surface area contributed by atoms with Gasteiger partial charge in [0.15, 0.2) is 0 Å². The first kappa shape index (κ1) is 8.90. The van der Waals surface area contributed by atoms with E-state index in [0.717, 1.165) is 0 Å². The van der Waals surface area contributed by atoms with E-state index in [1.54, 1.807) is 6.92 Å². The van der Waals surface area contributed by atoms with Gasteiger partial charge in [-0.05, 0) is 13.3 Å². The van der Waals surface area contributed by atoms with Gasteiger partial charge in [0.1, 0.15) is 0 Å². The van der Waals surface area contributed by atoms with Crippen LogP contribution in [0.25, 0.3) is 0 Å². The third-order valence-corrected chi connectivity index (χ3v) is 0. The van der Waals surface area contributed by atoms with E-state index in [-0.39, 0.29) is 18.9 Å². The maximum atomic E-state index is 5.96. The van der Waals surface area contributed by atoms with Crippen LogP contribution in [0.5, 0.6) is 0 Å². The van der Waals surface area contributed by atoms with Gasteiger partial charge in [0.05, 0.1) is 0 Å². The van der Waals surface area contributed by atoms with Gasteiger partial charge in [0, 0.05) is 0 Å². The normalized spacial score (nSPS) is 2.00. The summed E-state index contributed by atoms with van der Waals surface area (Å²) in [6.07, 6.45) is 5.96. The molecule has 0 saturated heterocycles. The van der Waals surface area contributed by atoms with Crippen LogP contribution in [0.2, 0.25) is 0 Å². The quantitative estimate of drug-likeness (QED) is 0.265. The van der Waals surface area contributed by atoms with Crippen LogP contribution in [0.4, 0.5) is 0 Å². The molecule has 17 valence electrons. The predicted molar refractivity (Wildman–Crippen MR) is 20.0 cm³/mol. The molecule has 0 N–H and O–H groups in total. The molecule has 1 radical (unpaired) electrons. The van der Waals surface area contributed by atoms with Crippen molar-refractivity contribution in [1.29, 1.82) is 0 Å². The van der Waals surface area contributed by atoms with Crippen LogP contribution in [-0.4, -0.2) is 18.9 Å². The summed E-state index contributed by atoms with van der Waals surface area (Å²) in [5, 5.41) is 0. The fraction of sp³-hybridized carbons (Fsp3) is 0.333. The van der Waals surface area contributed by atoms with E-state index in [1.165, 1.54) is 0 Å². The third kappa shape index (κ3) is 117. The molecule has 0 unspecified atom stereocenters. The zero-order valence-corrected chi connectivity index (χ0v) is 2.00. The van der Waals surface area contributed by atoms with Crippen LogP contribution in [0, 0.1) is 12.3 Å². The Kier molecular flexibility index (Phi) is 24.4. The average molecular weight is 47.0 g/mol. The van der Waals surface area contributed by atoms with E-state index in [9.17, 15) is 0 Å². The Morgan fingerprint density at radius 2 is 1.75 bits per heavy atom. The molecule has 0 aliphatic carbocycles. The first-order chi connectivity index (χ1) is 1.41. The minimum absolute atomic E-state index is 0. The van der Waals surface area contributed by atoms with Crippen molar-refractivity contribution in [1.82, 2.24) is 0 Å². The molecule has 0 nitrogen and oxygen atoms in total. The number of hydrogen-bond donors (Lipinski definition) is 0. The molecule has 0 spiro atoms. The van der Waals surface area contributed by atoms with Crippen molar-refractivity contribution in [2.24, 2.45) is 0 Å². The molecule has 1 heteroatoms. The number of hydrogen-bond acceptors (Lipinski definition) is 0. The van der Waals surface area contributed by atoms with Crippen LogP contribution in [0.15, 0.2) is 0 Å². The van der Waals surface area contributed by atoms with Crippen LogP contribution in [0.3, 0.4) is 0 Å². The molecule has 0 aromatic heterocycles. The predicted octanol–water partition coefficient (Wildman–Crippen LogP) is -0.0524. The molecule has 0 atom stereocenters. The number of rotatable bonds is 0. The molecule has 0 heterocycles. The van der Waals surface area contributed by atoms with Crippen LogP contribution < -0.4 is 0 Å². The summed E-state index contributed by atoms with van der Waals surface area (Å²) in [7, 11) is 0. The fourth-order valence-electron chi connectivity index (χ4n) is 0. The molecule has 0 aromatic carbocycles. The Bertz CT molecular complexity index is 24.8. The molecule has 0 aromatic rings. The van der Waals surface area contributed by atoms with E-state index in [2.05, 4.69) is 0 Å². The summed E-state index contributed by atoms with van der Waals surface area (Å²) in [4.78, 5) is 0. The van der Waals surface area contributed by atoms with Crippen molar-refractivity contribution in [2.75, 3.05) is 0 Å². The minimum atomic E-state index is 0. The van der Waals surface area contributed by atoms with Gasteiger partial charge in [-0.3, -0.25) is 0 Å². The van der Waals surface area contributed by atoms with Crippen molar-refractivity contribution in [2.45, 2.75) is 6.92 Å².